The first-order chi connectivity index (χ1) is 14.2. The number of piperidine rings is 2. The zero-order valence-electron chi connectivity index (χ0n) is 16.4. The number of hydrogen-bond donors (Lipinski definition) is 0. The van der Waals surface area contributed by atoms with E-state index in [-0.39, 0.29) is 17.9 Å². The Morgan fingerprint density at radius 2 is 1.62 bits per heavy atom. The van der Waals surface area contributed by atoms with Crippen LogP contribution < -0.4 is 9.64 Å². The van der Waals surface area contributed by atoms with Crippen LogP contribution in [-0.2, 0) is 4.79 Å². The van der Waals surface area contributed by atoms with Gasteiger partial charge < -0.3 is 14.5 Å². The fourth-order valence-corrected chi connectivity index (χ4v) is 4.10. The molecule has 3 heterocycles. The van der Waals surface area contributed by atoms with E-state index in [1.54, 1.807) is 18.5 Å². The van der Waals surface area contributed by atoms with Crippen molar-refractivity contribution in [1.82, 2.24) is 14.9 Å². The standard InChI is InChI=1S/C22H26N4O3/c27-16-17-2-4-19(5-3-17)25-12-6-18(7-13-25)21(28)26-14-8-20(9-15-26)29-22-23-10-1-11-24-22/h1-5,10-11,16,18,20H,6-9,12-15H2. The maximum Gasteiger partial charge on any atom is 0.316 e. The van der Waals surface area contributed by atoms with Crippen molar-refractivity contribution in [2.24, 2.45) is 5.92 Å². The number of nitrogens with zero attached hydrogens (tertiary/aromatic N) is 4. The molecule has 7 heteroatoms. The third-order valence-corrected chi connectivity index (χ3v) is 5.81. The van der Waals surface area contributed by atoms with Crippen molar-refractivity contribution in [1.29, 1.82) is 0 Å². The Kier molecular flexibility index (Phi) is 6.03. The molecule has 1 aromatic carbocycles. The molecule has 2 saturated heterocycles. The second-order valence-electron chi connectivity index (χ2n) is 7.64. The molecule has 2 fully saturated rings. The van der Waals surface area contributed by atoms with Gasteiger partial charge in [-0.2, -0.15) is 0 Å². The topological polar surface area (TPSA) is 75.6 Å². The minimum Gasteiger partial charge on any atom is -0.460 e. The van der Waals surface area contributed by atoms with Gasteiger partial charge in [0.1, 0.15) is 12.4 Å². The summed E-state index contributed by atoms with van der Waals surface area (Å²) in [6.45, 7) is 3.18. The van der Waals surface area contributed by atoms with E-state index in [2.05, 4.69) is 14.9 Å². The minimum atomic E-state index is 0.0673. The predicted octanol–water partition coefficient (Wildman–Crippen LogP) is 2.58. The van der Waals surface area contributed by atoms with Crippen molar-refractivity contribution < 1.29 is 14.3 Å². The van der Waals surface area contributed by atoms with Crippen molar-refractivity contribution in [3.05, 3.63) is 48.3 Å². The quantitative estimate of drug-likeness (QED) is 0.726. The maximum atomic E-state index is 12.9. The summed E-state index contributed by atoms with van der Waals surface area (Å²) in [7, 11) is 0. The lowest BCUT2D eigenvalue weighted by atomic mass is 9.93. The molecule has 2 aliphatic rings. The molecule has 29 heavy (non-hydrogen) atoms. The predicted molar refractivity (Wildman–Crippen MR) is 109 cm³/mol. The minimum absolute atomic E-state index is 0.0673. The third kappa shape index (κ3) is 4.72. The average Bonchev–Trinajstić information content (AvgIpc) is 2.80. The van der Waals surface area contributed by atoms with E-state index in [1.807, 2.05) is 29.2 Å². The largest absolute Gasteiger partial charge is 0.460 e. The first kappa shape index (κ1) is 19.4. The van der Waals surface area contributed by atoms with Gasteiger partial charge in [0.15, 0.2) is 0 Å². The van der Waals surface area contributed by atoms with Crippen LogP contribution in [-0.4, -0.2) is 59.3 Å². The van der Waals surface area contributed by atoms with Crippen LogP contribution in [0.2, 0.25) is 0 Å². The van der Waals surface area contributed by atoms with Gasteiger partial charge >= 0.3 is 6.01 Å². The van der Waals surface area contributed by atoms with Gasteiger partial charge in [0.2, 0.25) is 5.91 Å². The van der Waals surface area contributed by atoms with Crippen LogP contribution in [0.25, 0.3) is 0 Å². The SMILES string of the molecule is O=Cc1ccc(N2CCC(C(=O)N3CCC(Oc4ncccn4)CC3)CC2)cc1. The number of hydrogen-bond acceptors (Lipinski definition) is 6. The van der Waals surface area contributed by atoms with Crippen LogP contribution in [0.1, 0.15) is 36.0 Å². The molecule has 2 aliphatic heterocycles. The highest BCUT2D eigenvalue weighted by Crippen LogP contribution is 2.26. The number of anilines is 1. The highest BCUT2D eigenvalue weighted by atomic mass is 16.5. The first-order valence-electron chi connectivity index (χ1n) is 10.3. The summed E-state index contributed by atoms with van der Waals surface area (Å²) >= 11 is 0. The number of amides is 1. The van der Waals surface area contributed by atoms with E-state index in [4.69, 9.17) is 4.74 Å². The average molecular weight is 394 g/mol. The van der Waals surface area contributed by atoms with E-state index in [0.717, 1.165) is 63.8 Å². The Bertz CT molecular complexity index is 812. The number of ether oxygens (including phenoxy) is 1. The maximum absolute atomic E-state index is 12.9. The molecule has 2 aromatic rings. The van der Waals surface area contributed by atoms with Gasteiger partial charge in [-0.3, -0.25) is 9.59 Å². The summed E-state index contributed by atoms with van der Waals surface area (Å²) in [6, 6.07) is 9.81. The summed E-state index contributed by atoms with van der Waals surface area (Å²) in [4.78, 5) is 36.2. The first-order valence-corrected chi connectivity index (χ1v) is 10.3. The number of benzene rings is 1. The molecular formula is C22H26N4O3. The molecule has 0 aliphatic carbocycles. The van der Waals surface area contributed by atoms with Crippen molar-refractivity contribution in [3.63, 3.8) is 0 Å². The van der Waals surface area contributed by atoms with Crippen LogP contribution in [0.4, 0.5) is 5.69 Å². The molecule has 0 spiro atoms. The molecular weight excluding hydrogens is 368 g/mol. The molecule has 0 atom stereocenters. The summed E-state index contributed by atoms with van der Waals surface area (Å²) in [6.07, 6.45) is 7.62. The molecule has 0 bridgehead atoms. The number of aldehydes is 1. The third-order valence-electron chi connectivity index (χ3n) is 5.81. The van der Waals surface area contributed by atoms with Crippen LogP contribution in [0.5, 0.6) is 6.01 Å². The molecule has 0 saturated carbocycles. The van der Waals surface area contributed by atoms with E-state index < -0.39 is 0 Å². The van der Waals surface area contributed by atoms with Gasteiger partial charge in [0, 0.05) is 68.6 Å². The highest BCUT2D eigenvalue weighted by Gasteiger charge is 2.31. The van der Waals surface area contributed by atoms with Crippen molar-refractivity contribution in [3.8, 4) is 6.01 Å². The second-order valence-corrected chi connectivity index (χ2v) is 7.64. The van der Waals surface area contributed by atoms with Crippen LogP contribution in [0.3, 0.4) is 0 Å². The van der Waals surface area contributed by atoms with Gasteiger partial charge in [-0.1, -0.05) is 0 Å². The highest BCUT2D eigenvalue weighted by molar-refractivity contribution is 5.79. The monoisotopic (exact) mass is 394 g/mol. The Morgan fingerprint density at radius 1 is 0.966 bits per heavy atom. The van der Waals surface area contributed by atoms with Crippen LogP contribution in [0, 0.1) is 5.92 Å². The van der Waals surface area contributed by atoms with E-state index in [1.165, 1.54) is 0 Å². The number of carbonyl (C=O) groups is 2. The van der Waals surface area contributed by atoms with E-state index >= 15 is 0 Å². The summed E-state index contributed by atoms with van der Waals surface area (Å²) < 4.78 is 5.82. The van der Waals surface area contributed by atoms with Gasteiger partial charge in [-0.15, -0.1) is 0 Å². The zero-order valence-corrected chi connectivity index (χ0v) is 16.4. The second kappa shape index (κ2) is 9.03. The molecule has 0 radical (unpaired) electrons. The lowest BCUT2D eigenvalue weighted by Gasteiger charge is -2.37. The number of likely N-dealkylation sites (tertiary alicyclic amines) is 1. The zero-order chi connectivity index (χ0) is 20.1. The van der Waals surface area contributed by atoms with Gasteiger partial charge in [0.05, 0.1) is 0 Å². The Balaban J connectivity index is 1.24. The van der Waals surface area contributed by atoms with Crippen molar-refractivity contribution in [2.75, 3.05) is 31.1 Å². The molecule has 0 N–H and O–H groups in total. The molecule has 4 rings (SSSR count). The fourth-order valence-electron chi connectivity index (χ4n) is 4.10. The molecule has 1 amide bonds. The van der Waals surface area contributed by atoms with Crippen molar-refractivity contribution in [2.45, 2.75) is 31.8 Å². The summed E-state index contributed by atoms with van der Waals surface area (Å²) in [5.74, 6) is 0.366. The fraction of sp³-hybridized carbons (Fsp3) is 0.455. The number of aromatic nitrogens is 2. The Hall–Kier alpha value is -2.96. The number of rotatable bonds is 5. The normalized spacial score (nSPS) is 18.5. The van der Waals surface area contributed by atoms with E-state index in [0.29, 0.717) is 11.6 Å². The summed E-state index contributed by atoms with van der Waals surface area (Å²) in [5.41, 5.74) is 1.80. The lowest BCUT2D eigenvalue weighted by molar-refractivity contribution is -0.138. The Labute approximate surface area is 170 Å². The van der Waals surface area contributed by atoms with Crippen molar-refractivity contribution >= 4 is 17.9 Å². The molecule has 152 valence electrons. The van der Waals surface area contributed by atoms with Crippen LogP contribution in [0.15, 0.2) is 42.7 Å². The van der Waals surface area contributed by atoms with Gasteiger partial charge in [-0.25, -0.2) is 9.97 Å². The van der Waals surface area contributed by atoms with Crippen LogP contribution >= 0.6 is 0 Å². The lowest BCUT2D eigenvalue weighted by Crippen LogP contribution is -2.47. The molecule has 7 nitrogen and oxygen atoms in total. The molecule has 1 aromatic heterocycles. The molecule has 0 unspecified atom stereocenters. The van der Waals surface area contributed by atoms with Gasteiger partial charge in [-0.05, 0) is 43.2 Å². The smallest absolute Gasteiger partial charge is 0.316 e. The number of carbonyl (C=O) groups excluding carboxylic acids is 2. The summed E-state index contributed by atoms with van der Waals surface area (Å²) in [5, 5.41) is 0. The van der Waals surface area contributed by atoms with Gasteiger partial charge in [0.25, 0.3) is 0 Å². The Morgan fingerprint density at radius 3 is 2.24 bits per heavy atom. The van der Waals surface area contributed by atoms with E-state index in [9.17, 15) is 9.59 Å².